The van der Waals surface area contributed by atoms with E-state index in [9.17, 15) is 4.79 Å². The van der Waals surface area contributed by atoms with Crippen LogP contribution in [0.15, 0.2) is 35.1 Å². The Morgan fingerprint density at radius 2 is 1.90 bits per heavy atom. The highest BCUT2D eigenvalue weighted by Crippen LogP contribution is 2.34. The number of hydrogen-bond donors (Lipinski definition) is 1. The smallest absolute Gasteiger partial charge is 0.274 e. The van der Waals surface area contributed by atoms with E-state index < -0.39 is 0 Å². The van der Waals surface area contributed by atoms with Crippen LogP contribution < -0.4 is 20.8 Å². The van der Waals surface area contributed by atoms with Crippen LogP contribution in [-0.2, 0) is 6.54 Å². The van der Waals surface area contributed by atoms with Crippen LogP contribution in [0.25, 0.3) is 11.3 Å². The fourth-order valence-corrected chi connectivity index (χ4v) is 2.50. The van der Waals surface area contributed by atoms with Gasteiger partial charge in [-0.05, 0) is 36.8 Å². The van der Waals surface area contributed by atoms with Crippen LogP contribution in [0.2, 0.25) is 0 Å². The maximum atomic E-state index is 12.2. The van der Waals surface area contributed by atoms with Crippen molar-refractivity contribution in [1.82, 2.24) is 4.57 Å². The van der Waals surface area contributed by atoms with E-state index in [1.165, 1.54) is 0 Å². The van der Waals surface area contributed by atoms with Gasteiger partial charge in [0.15, 0.2) is 11.5 Å². The van der Waals surface area contributed by atoms with Gasteiger partial charge in [0.05, 0.1) is 11.4 Å². The summed E-state index contributed by atoms with van der Waals surface area (Å²) in [6.07, 6.45) is 0.862. The first-order chi connectivity index (χ1) is 10.2. The number of anilines is 1. The molecular weight excluding hydrogens is 268 g/mol. The van der Waals surface area contributed by atoms with Gasteiger partial charge in [0.2, 0.25) is 0 Å². The average Bonchev–Trinajstić information content (AvgIpc) is 2.52. The molecule has 2 N–H and O–H groups in total. The Kier molecular flexibility index (Phi) is 3.56. The van der Waals surface area contributed by atoms with E-state index in [1.807, 2.05) is 31.2 Å². The average molecular weight is 286 g/mol. The van der Waals surface area contributed by atoms with Crippen LogP contribution in [0.4, 0.5) is 5.69 Å². The topological polar surface area (TPSA) is 66.5 Å². The molecule has 110 valence electrons. The van der Waals surface area contributed by atoms with Crippen molar-refractivity contribution in [2.24, 2.45) is 0 Å². The first-order valence-corrected chi connectivity index (χ1v) is 7.10. The molecule has 0 bridgehead atoms. The molecule has 0 radical (unpaired) electrons. The SMILES string of the molecule is CCCn1c(-c2ccc3c(c2)OCCO3)ccc(N)c1=O. The Labute approximate surface area is 122 Å². The summed E-state index contributed by atoms with van der Waals surface area (Å²) in [7, 11) is 0. The first-order valence-electron chi connectivity index (χ1n) is 7.10. The van der Waals surface area contributed by atoms with Crippen LogP contribution in [-0.4, -0.2) is 17.8 Å². The Morgan fingerprint density at radius 1 is 1.14 bits per heavy atom. The number of nitrogens with zero attached hydrogens (tertiary/aromatic N) is 1. The van der Waals surface area contributed by atoms with Crippen molar-refractivity contribution < 1.29 is 9.47 Å². The van der Waals surface area contributed by atoms with Gasteiger partial charge in [-0.1, -0.05) is 6.92 Å². The van der Waals surface area contributed by atoms with E-state index in [-0.39, 0.29) is 11.2 Å². The lowest BCUT2D eigenvalue weighted by Gasteiger charge is -2.20. The van der Waals surface area contributed by atoms with Crippen LogP contribution in [0.5, 0.6) is 11.5 Å². The molecule has 0 saturated carbocycles. The third-order valence-electron chi connectivity index (χ3n) is 3.49. The molecule has 0 amide bonds. The Morgan fingerprint density at radius 3 is 2.67 bits per heavy atom. The van der Waals surface area contributed by atoms with Crippen molar-refractivity contribution in [3.63, 3.8) is 0 Å². The van der Waals surface area contributed by atoms with Crippen molar-refractivity contribution in [3.8, 4) is 22.8 Å². The monoisotopic (exact) mass is 286 g/mol. The zero-order valence-electron chi connectivity index (χ0n) is 12.0. The van der Waals surface area contributed by atoms with Crippen molar-refractivity contribution in [1.29, 1.82) is 0 Å². The van der Waals surface area contributed by atoms with Gasteiger partial charge < -0.3 is 19.8 Å². The van der Waals surface area contributed by atoms with Crippen LogP contribution in [0.3, 0.4) is 0 Å². The van der Waals surface area contributed by atoms with Gasteiger partial charge in [-0.2, -0.15) is 0 Å². The molecule has 3 rings (SSSR count). The molecule has 0 saturated heterocycles. The maximum absolute atomic E-state index is 12.2. The lowest BCUT2D eigenvalue weighted by Crippen LogP contribution is -2.24. The summed E-state index contributed by atoms with van der Waals surface area (Å²) in [5, 5.41) is 0. The number of pyridine rings is 1. The summed E-state index contributed by atoms with van der Waals surface area (Å²) in [5.41, 5.74) is 7.61. The van der Waals surface area contributed by atoms with E-state index in [4.69, 9.17) is 15.2 Å². The molecule has 1 aromatic carbocycles. The van der Waals surface area contributed by atoms with Gasteiger partial charge in [-0.3, -0.25) is 4.79 Å². The molecule has 2 aromatic rings. The largest absolute Gasteiger partial charge is 0.486 e. The predicted octanol–water partition coefficient (Wildman–Crippen LogP) is 2.28. The number of ether oxygens (including phenoxy) is 2. The molecule has 1 aliphatic heterocycles. The second kappa shape index (κ2) is 5.52. The third kappa shape index (κ3) is 2.46. The molecule has 2 heterocycles. The molecule has 0 fully saturated rings. The standard InChI is InChI=1S/C16H18N2O3/c1-2-7-18-13(5-4-12(17)16(18)19)11-3-6-14-15(10-11)21-9-8-20-14/h3-6,10H,2,7-9,17H2,1H3. The Hall–Kier alpha value is -2.43. The van der Waals surface area contributed by atoms with E-state index in [1.54, 1.807) is 10.6 Å². The highest BCUT2D eigenvalue weighted by Gasteiger charge is 2.14. The number of nitrogens with two attached hydrogens (primary N) is 1. The molecule has 1 aliphatic rings. The van der Waals surface area contributed by atoms with E-state index in [2.05, 4.69) is 0 Å². The van der Waals surface area contributed by atoms with Crippen LogP contribution in [0.1, 0.15) is 13.3 Å². The Bertz CT molecular complexity index is 722. The first kappa shape index (κ1) is 13.5. The number of hydrogen-bond acceptors (Lipinski definition) is 4. The summed E-state index contributed by atoms with van der Waals surface area (Å²) in [6.45, 7) is 3.77. The minimum absolute atomic E-state index is 0.149. The lowest BCUT2D eigenvalue weighted by molar-refractivity contribution is 0.171. The summed E-state index contributed by atoms with van der Waals surface area (Å²) < 4.78 is 12.8. The van der Waals surface area contributed by atoms with Crippen molar-refractivity contribution in [3.05, 3.63) is 40.7 Å². The number of aromatic nitrogens is 1. The van der Waals surface area contributed by atoms with Gasteiger partial charge in [0.25, 0.3) is 5.56 Å². The number of benzene rings is 1. The van der Waals surface area contributed by atoms with Gasteiger partial charge in [-0.25, -0.2) is 0 Å². The lowest BCUT2D eigenvalue weighted by atomic mass is 10.1. The van der Waals surface area contributed by atoms with Crippen molar-refractivity contribution in [2.45, 2.75) is 19.9 Å². The summed E-state index contributed by atoms with van der Waals surface area (Å²) in [4.78, 5) is 12.2. The summed E-state index contributed by atoms with van der Waals surface area (Å²) in [6, 6.07) is 9.25. The minimum atomic E-state index is -0.149. The molecule has 1 aromatic heterocycles. The van der Waals surface area contributed by atoms with Gasteiger partial charge in [-0.15, -0.1) is 0 Å². The van der Waals surface area contributed by atoms with E-state index in [0.717, 1.165) is 23.4 Å². The zero-order chi connectivity index (χ0) is 14.8. The van der Waals surface area contributed by atoms with Gasteiger partial charge >= 0.3 is 0 Å². The molecule has 0 aliphatic carbocycles. The summed E-state index contributed by atoms with van der Waals surface area (Å²) >= 11 is 0. The molecule has 5 heteroatoms. The zero-order valence-corrected chi connectivity index (χ0v) is 12.0. The molecule has 0 unspecified atom stereocenters. The third-order valence-corrected chi connectivity index (χ3v) is 3.49. The van der Waals surface area contributed by atoms with E-state index >= 15 is 0 Å². The van der Waals surface area contributed by atoms with Crippen molar-refractivity contribution in [2.75, 3.05) is 18.9 Å². The van der Waals surface area contributed by atoms with Crippen molar-refractivity contribution >= 4 is 5.69 Å². The molecule has 0 spiro atoms. The van der Waals surface area contributed by atoms with Crippen LogP contribution >= 0.6 is 0 Å². The van der Waals surface area contributed by atoms with E-state index in [0.29, 0.717) is 25.5 Å². The molecule has 5 nitrogen and oxygen atoms in total. The molecular formula is C16H18N2O3. The second-order valence-electron chi connectivity index (χ2n) is 4.99. The fraction of sp³-hybridized carbons (Fsp3) is 0.312. The second-order valence-corrected chi connectivity index (χ2v) is 4.99. The van der Waals surface area contributed by atoms with Gasteiger partial charge in [0.1, 0.15) is 13.2 Å². The quantitative estimate of drug-likeness (QED) is 0.940. The Balaban J connectivity index is 2.12. The number of rotatable bonds is 3. The summed E-state index contributed by atoms with van der Waals surface area (Å²) in [5.74, 6) is 1.45. The highest BCUT2D eigenvalue weighted by atomic mass is 16.6. The highest BCUT2D eigenvalue weighted by molar-refractivity contribution is 5.65. The minimum Gasteiger partial charge on any atom is -0.486 e. The molecule has 21 heavy (non-hydrogen) atoms. The van der Waals surface area contributed by atoms with Crippen LogP contribution in [0, 0.1) is 0 Å². The maximum Gasteiger partial charge on any atom is 0.274 e. The normalized spacial score (nSPS) is 13.2. The molecule has 0 atom stereocenters. The fourth-order valence-electron chi connectivity index (χ4n) is 2.50. The predicted molar refractivity (Wildman–Crippen MR) is 81.8 cm³/mol. The number of nitrogen functional groups attached to an aromatic ring is 1. The van der Waals surface area contributed by atoms with Gasteiger partial charge in [0, 0.05) is 12.1 Å². The number of fused-ring (bicyclic) bond motifs is 1.